The highest BCUT2D eigenvalue weighted by molar-refractivity contribution is 7.89. The number of amides is 1. The van der Waals surface area contributed by atoms with Gasteiger partial charge in [-0.3, -0.25) is 4.79 Å². The minimum absolute atomic E-state index is 0.0299. The van der Waals surface area contributed by atoms with Gasteiger partial charge in [0.05, 0.1) is 16.1 Å². The van der Waals surface area contributed by atoms with Crippen molar-refractivity contribution in [3.63, 3.8) is 0 Å². The molecule has 0 bridgehead atoms. The molecule has 3 aromatic rings. The number of H-pyrrole nitrogens is 1. The SMILES string of the molecule is O=C(c1ccc(Cl)c(S(=O)(=O)NC2CC2)c1)N1CCC(c2nc3ccccc3[nH]2)CC1. The van der Waals surface area contributed by atoms with Crippen molar-refractivity contribution in [2.45, 2.75) is 42.5 Å². The zero-order chi connectivity index (χ0) is 21.6. The summed E-state index contributed by atoms with van der Waals surface area (Å²) in [5, 5.41) is 0.119. The maximum Gasteiger partial charge on any atom is 0.253 e. The topological polar surface area (TPSA) is 95.2 Å². The van der Waals surface area contributed by atoms with Crippen LogP contribution in [-0.2, 0) is 10.0 Å². The van der Waals surface area contributed by atoms with E-state index in [4.69, 9.17) is 16.6 Å². The third kappa shape index (κ3) is 4.20. The number of sulfonamides is 1. The number of hydrogen-bond acceptors (Lipinski definition) is 4. The number of imidazole rings is 1. The van der Waals surface area contributed by atoms with Crippen molar-refractivity contribution in [1.82, 2.24) is 19.6 Å². The van der Waals surface area contributed by atoms with Gasteiger partial charge in [0.25, 0.3) is 5.91 Å². The third-order valence-corrected chi connectivity index (χ3v) is 7.95. The number of para-hydroxylation sites is 2. The van der Waals surface area contributed by atoms with Crippen LogP contribution in [-0.4, -0.2) is 48.3 Å². The van der Waals surface area contributed by atoms with Crippen LogP contribution in [0.4, 0.5) is 0 Å². The maximum absolute atomic E-state index is 13.1. The summed E-state index contributed by atoms with van der Waals surface area (Å²) in [5.74, 6) is 1.04. The number of aromatic amines is 1. The first-order chi connectivity index (χ1) is 14.9. The first kappa shape index (κ1) is 20.5. The molecule has 0 unspecified atom stereocenters. The van der Waals surface area contributed by atoms with Crippen LogP contribution in [0.1, 0.15) is 47.8 Å². The smallest absolute Gasteiger partial charge is 0.253 e. The summed E-state index contributed by atoms with van der Waals surface area (Å²) >= 11 is 6.14. The van der Waals surface area contributed by atoms with Gasteiger partial charge in [0, 0.05) is 30.6 Å². The summed E-state index contributed by atoms with van der Waals surface area (Å²) in [6.07, 6.45) is 3.26. The van der Waals surface area contributed by atoms with E-state index in [9.17, 15) is 13.2 Å². The highest BCUT2D eigenvalue weighted by Crippen LogP contribution is 2.30. The minimum Gasteiger partial charge on any atom is -0.342 e. The molecule has 2 fully saturated rings. The lowest BCUT2D eigenvalue weighted by atomic mass is 9.95. The molecule has 1 saturated carbocycles. The molecule has 1 saturated heterocycles. The molecule has 31 heavy (non-hydrogen) atoms. The Morgan fingerprint density at radius 2 is 1.84 bits per heavy atom. The molecule has 1 aliphatic heterocycles. The standard InChI is InChI=1S/C22H23ClN4O3S/c23-17-8-5-15(13-20(17)31(29,30)26-16-6-7-16)22(28)27-11-9-14(10-12-27)21-24-18-3-1-2-4-19(18)25-21/h1-5,8,13-14,16,26H,6-7,9-12H2,(H,24,25). The number of halogens is 1. The van der Waals surface area contributed by atoms with Crippen LogP contribution < -0.4 is 4.72 Å². The Balaban J connectivity index is 1.29. The molecule has 1 amide bonds. The van der Waals surface area contributed by atoms with E-state index in [2.05, 4.69) is 9.71 Å². The Kier molecular flexibility index (Phi) is 5.24. The highest BCUT2D eigenvalue weighted by Gasteiger charge is 2.31. The fraction of sp³-hybridized carbons (Fsp3) is 0.364. The second-order valence-electron chi connectivity index (χ2n) is 8.25. The summed E-state index contributed by atoms with van der Waals surface area (Å²) in [6, 6.07) is 12.4. The van der Waals surface area contributed by atoms with Crippen LogP contribution in [0.2, 0.25) is 5.02 Å². The molecule has 1 aliphatic carbocycles. The van der Waals surface area contributed by atoms with Gasteiger partial charge in [0.1, 0.15) is 10.7 Å². The van der Waals surface area contributed by atoms with E-state index >= 15 is 0 Å². The number of nitrogens with one attached hydrogen (secondary N) is 2. The van der Waals surface area contributed by atoms with Crippen LogP contribution in [0.25, 0.3) is 11.0 Å². The molecule has 2 aliphatic rings. The molecule has 7 nitrogen and oxygen atoms in total. The van der Waals surface area contributed by atoms with E-state index in [1.165, 1.54) is 12.1 Å². The number of nitrogens with zero attached hydrogens (tertiary/aromatic N) is 2. The van der Waals surface area contributed by atoms with Gasteiger partial charge in [0.2, 0.25) is 10.0 Å². The Bertz CT molecular complexity index is 1210. The van der Waals surface area contributed by atoms with Crippen molar-refractivity contribution < 1.29 is 13.2 Å². The second-order valence-corrected chi connectivity index (χ2v) is 10.3. The van der Waals surface area contributed by atoms with Crippen LogP contribution >= 0.6 is 11.6 Å². The summed E-state index contributed by atoms with van der Waals surface area (Å²) < 4.78 is 27.8. The van der Waals surface area contributed by atoms with E-state index < -0.39 is 10.0 Å². The molecule has 0 spiro atoms. The van der Waals surface area contributed by atoms with Gasteiger partial charge in [-0.1, -0.05) is 23.7 Å². The molecular formula is C22H23ClN4O3S. The number of likely N-dealkylation sites (tertiary alicyclic amines) is 1. The fourth-order valence-corrected chi connectivity index (χ4v) is 5.86. The average molecular weight is 459 g/mol. The van der Waals surface area contributed by atoms with Gasteiger partial charge in [-0.05, 0) is 56.0 Å². The van der Waals surface area contributed by atoms with Gasteiger partial charge in [-0.2, -0.15) is 0 Å². The monoisotopic (exact) mass is 458 g/mol. The molecule has 2 N–H and O–H groups in total. The van der Waals surface area contributed by atoms with Gasteiger partial charge < -0.3 is 9.88 Å². The Labute approximate surface area is 185 Å². The van der Waals surface area contributed by atoms with E-state index in [0.29, 0.717) is 18.7 Å². The van der Waals surface area contributed by atoms with Crippen LogP contribution in [0.15, 0.2) is 47.4 Å². The first-order valence-electron chi connectivity index (χ1n) is 10.5. The Hall–Kier alpha value is -2.42. The van der Waals surface area contributed by atoms with Crippen molar-refractivity contribution in [2.75, 3.05) is 13.1 Å². The lowest BCUT2D eigenvalue weighted by Gasteiger charge is -2.31. The molecule has 5 rings (SSSR count). The summed E-state index contributed by atoms with van der Waals surface area (Å²) in [6.45, 7) is 1.18. The largest absolute Gasteiger partial charge is 0.342 e. The molecule has 162 valence electrons. The molecular weight excluding hydrogens is 436 g/mol. The zero-order valence-corrected chi connectivity index (χ0v) is 18.4. The molecule has 2 aromatic carbocycles. The second kappa shape index (κ2) is 7.93. The van der Waals surface area contributed by atoms with Gasteiger partial charge in [-0.25, -0.2) is 18.1 Å². The Morgan fingerprint density at radius 3 is 2.55 bits per heavy atom. The summed E-state index contributed by atoms with van der Waals surface area (Å²) in [7, 11) is -3.74. The number of piperidine rings is 1. The van der Waals surface area contributed by atoms with Crippen molar-refractivity contribution >= 4 is 38.6 Å². The number of fused-ring (bicyclic) bond motifs is 1. The number of carbonyl (C=O) groups excluding carboxylic acids is 1. The van der Waals surface area contributed by atoms with E-state index in [-0.39, 0.29) is 27.8 Å². The predicted octanol–water partition coefficient (Wildman–Crippen LogP) is 3.68. The van der Waals surface area contributed by atoms with Crippen molar-refractivity contribution in [2.24, 2.45) is 0 Å². The molecule has 1 aromatic heterocycles. The fourth-order valence-electron chi connectivity index (χ4n) is 4.03. The molecule has 0 radical (unpaired) electrons. The van der Waals surface area contributed by atoms with Gasteiger partial charge in [-0.15, -0.1) is 0 Å². The molecule has 9 heteroatoms. The number of benzene rings is 2. The van der Waals surface area contributed by atoms with Crippen molar-refractivity contribution in [3.8, 4) is 0 Å². The lowest BCUT2D eigenvalue weighted by Crippen LogP contribution is -2.38. The number of aromatic nitrogens is 2. The third-order valence-electron chi connectivity index (χ3n) is 5.94. The number of hydrogen-bond donors (Lipinski definition) is 2. The highest BCUT2D eigenvalue weighted by atomic mass is 35.5. The van der Waals surface area contributed by atoms with E-state index in [1.54, 1.807) is 11.0 Å². The normalized spacial score (nSPS) is 17.9. The van der Waals surface area contributed by atoms with Crippen LogP contribution in [0, 0.1) is 0 Å². The van der Waals surface area contributed by atoms with Crippen LogP contribution in [0.3, 0.4) is 0 Å². The maximum atomic E-state index is 13.1. The van der Waals surface area contributed by atoms with Crippen molar-refractivity contribution in [1.29, 1.82) is 0 Å². The summed E-state index contributed by atoms with van der Waals surface area (Å²) in [4.78, 5) is 22.9. The quantitative estimate of drug-likeness (QED) is 0.609. The van der Waals surface area contributed by atoms with Crippen molar-refractivity contribution in [3.05, 3.63) is 58.9 Å². The summed E-state index contributed by atoms with van der Waals surface area (Å²) in [5.41, 5.74) is 2.30. The minimum atomic E-state index is -3.74. The van der Waals surface area contributed by atoms with Gasteiger partial charge in [0.15, 0.2) is 0 Å². The average Bonchev–Trinajstić information content (AvgIpc) is 3.46. The van der Waals surface area contributed by atoms with Crippen LogP contribution in [0.5, 0.6) is 0 Å². The first-order valence-corrected chi connectivity index (χ1v) is 12.3. The zero-order valence-electron chi connectivity index (χ0n) is 16.8. The molecule has 0 atom stereocenters. The van der Waals surface area contributed by atoms with E-state index in [1.807, 2.05) is 24.3 Å². The predicted molar refractivity (Wildman–Crippen MR) is 119 cm³/mol. The van der Waals surface area contributed by atoms with E-state index in [0.717, 1.165) is 42.5 Å². The number of carbonyl (C=O) groups is 1. The lowest BCUT2D eigenvalue weighted by molar-refractivity contribution is 0.0711. The molecule has 2 heterocycles. The Morgan fingerprint density at radius 1 is 1.10 bits per heavy atom. The van der Waals surface area contributed by atoms with Gasteiger partial charge >= 0.3 is 0 Å². The number of rotatable bonds is 5.